The average molecular weight is 398 g/mol. The van der Waals surface area contributed by atoms with Crippen molar-refractivity contribution in [3.63, 3.8) is 0 Å². The molecule has 0 fully saturated rings. The van der Waals surface area contributed by atoms with Crippen molar-refractivity contribution in [1.82, 2.24) is 0 Å². The molecule has 28 heavy (non-hydrogen) atoms. The van der Waals surface area contributed by atoms with Crippen LogP contribution in [0.3, 0.4) is 0 Å². The maximum Gasteiger partial charge on any atom is 0.294 e. The molecular formula is C21H13ClFNO4. The van der Waals surface area contributed by atoms with E-state index in [0.717, 1.165) is 0 Å². The quantitative estimate of drug-likeness (QED) is 0.638. The third kappa shape index (κ3) is 2.97. The van der Waals surface area contributed by atoms with Crippen molar-refractivity contribution in [2.75, 3.05) is 4.90 Å². The molecule has 5 nitrogen and oxygen atoms in total. The first-order valence-corrected chi connectivity index (χ1v) is 8.71. The van der Waals surface area contributed by atoms with Gasteiger partial charge in [-0.25, -0.2) is 4.39 Å². The Bertz CT molecular complexity index is 1070. The fourth-order valence-corrected chi connectivity index (χ4v) is 3.33. The number of hydrogen-bond donors (Lipinski definition) is 1. The Morgan fingerprint density at radius 1 is 1.07 bits per heavy atom. The Morgan fingerprint density at radius 2 is 1.75 bits per heavy atom. The maximum atomic E-state index is 13.4. The molecule has 3 aromatic rings. The Morgan fingerprint density at radius 3 is 2.36 bits per heavy atom. The number of Topliss-reactive ketones (excluding diaryl/α,β-unsaturated/α-hetero) is 1. The Kier molecular flexibility index (Phi) is 4.49. The highest BCUT2D eigenvalue weighted by molar-refractivity contribution is 6.30. The minimum Gasteiger partial charge on any atom is -0.503 e. The van der Waals surface area contributed by atoms with Crippen LogP contribution in [0, 0.1) is 5.82 Å². The van der Waals surface area contributed by atoms with Crippen LogP contribution in [0.5, 0.6) is 0 Å². The normalized spacial score (nSPS) is 16.7. The Labute approximate surface area is 164 Å². The summed E-state index contributed by atoms with van der Waals surface area (Å²) in [6, 6.07) is 13.8. The van der Waals surface area contributed by atoms with Gasteiger partial charge in [-0.05, 0) is 54.1 Å². The molecule has 1 unspecified atom stereocenters. The van der Waals surface area contributed by atoms with E-state index in [4.69, 9.17) is 16.0 Å². The molecule has 0 radical (unpaired) electrons. The lowest BCUT2D eigenvalue weighted by Crippen LogP contribution is -2.31. The fraction of sp³-hybridized carbons (Fsp3) is 0.0476. The van der Waals surface area contributed by atoms with E-state index >= 15 is 0 Å². The molecule has 0 spiro atoms. The predicted molar refractivity (Wildman–Crippen MR) is 101 cm³/mol. The van der Waals surface area contributed by atoms with Crippen molar-refractivity contribution in [1.29, 1.82) is 0 Å². The van der Waals surface area contributed by atoms with Gasteiger partial charge in [0.05, 0.1) is 17.9 Å². The zero-order chi connectivity index (χ0) is 19.8. The van der Waals surface area contributed by atoms with Gasteiger partial charge >= 0.3 is 0 Å². The Hall–Kier alpha value is -3.38. The standard InChI is InChI=1S/C21H13ClFNO4/c22-13-5-3-12(4-6-13)18-17(19(25)16-2-1-11-28-16)20(26)21(27)24(18)15-9-7-14(23)8-10-15/h1-11,18,26H. The first-order valence-electron chi connectivity index (χ1n) is 8.33. The van der Waals surface area contributed by atoms with Crippen molar-refractivity contribution < 1.29 is 23.5 Å². The lowest BCUT2D eigenvalue weighted by atomic mass is 9.95. The molecule has 0 saturated heterocycles. The van der Waals surface area contributed by atoms with E-state index in [-0.39, 0.29) is 11.3 Å². The molecule has 1 N–H and O–H groups in total. The second-order valence-electron chi connectivity index (χ2n) is 6.17. The third-order valence-electron chi connectivity index (χ3n) is 4.49. The molecule has 140 valence electrons. The molecule has 7 heteroatoms. The monoisotopic (exact) mass is 397 g/mol. The topological polar surface area (TPSA) is 70.8 Å². The van der Waals surface area contributed by atoms with E-state index < -0.39 is 29.3 Å². The number of nitrogens with zero attached hydrogens (tertiary/aromatic N) is 1. The summed E-state index contributed by atoms with van der Waals surface area (Å²) in [5, 5.41) is 11.0. The van der Waals surface area contributed by atoms with Crippen LogP contribution in [0.1, 0.15) is 22.2 Å². The molecule has 4 rings (SSSR count). The summed E-state index contributed by atoms with van der Waals surface area (Å²) >= 11 is 5.96. The summed E-state index contributed by atoms with van der Waals surface area (Å²) < 4.78 is 18.5. The highest BCUT2D eigenvalue weighted by Crippen LogP contribution is 2.42. The van der Waals surface area contributed by atoms with Crippen LogP contribution in [-0.4, -0.2) is 16.8 Å². The van der Waals surface area contributed by atoms with Crippen molar-refractivity contribution >= 4 is 29.0 Å². The first kappa shape index (κ1) is 18.0. The van der Waals surface area contributed by atoms with Gasteiger partial charge in [0.15, 0.2) is 11.5 Å². The summed E-state index contributed by atoms with van der Waals surface area (Å²) in [6.07, 6.45) is 1.33. The summed E-state index contributed by atoms with van der Waals surface area (Å²) in [5.41, 5.74) is 0.771. The van der Waals surface area contributed by atoms with E-state index in [2.05, 4.69) is 0 Å². The van der Waals surface area contributed by atoms with Crippen molar-refractivity contribution in [2.24, 2.45) is 0 Å². The number of hydrogen-bond acceptors (Lipinski definition) is 4. The number of ketones is 1. The number of carbonyl (C=O) groups excluding carboxylic acids is 2. The second-order valence-corrected chi connectivity index (χ2v) is 6.61. The molecule has 1 aliphatic rings. The minimum absolute atomic E-state index is 0.00531. The van der Waals surface area contributed by atoms with Gasteiger partial charge in [-0.2, -0.15) is 0 Å². The van der Waals surface area contributed by atoms with Gasteiger partial charge in [0, 0.05) is 10.7 Å². The van der Waals surface area contributed by atoms with Gasteiger partial charge < -0.3 is 9.52 Å². The van der Waals surface area contributed by atoms with E-state index in [1.165, 1.54) is 47.6 Å². The number of rotatable bonds is 4. The maximum absolute atomic E-state index is 13.4. The molecule has 2 aromatic carbocycles. The minimum atomic E-state index is -0.923. The first-order chi connectivity index (χ1) is 13.5. The molecule has 2 heterocycles. The van der Waals surface area contributed by atoms with Gasteiger partial charge in [0.1, 0.15) is 5.82 Å². The summed E-state index contributed by atoms with van der Waals surface area (Å²) in [5.74, 6) is -2.52. The number of furan rings is 1. The smallest absolute Gasteiger partial charge is 0.294 e. The lowest BCUT2D eigenvalue weighted by Gasteiger charge is -2.26. The number of amides is 1. The summed E-state index contributed by atoms with van der Waals surface area (Å²) in [4.78, 5) is 27.1. The third-order valence-corrected chi connectivity index (χ3v) is 4.74. The van der Waals surface area contributed by atoms with Gasteiger partial charge in [-0.3, -0.25) is 14.5 Å². The molecule has 0 aliphatic carbocycles. The number of benzene rings is 2. The highest BCUT2D eigenvalue weighted by atomic mass is 35.5. The SMILES string of the molecule is O=C(C1=C(O)C(=O)N(c2ccc(F)cc2)C1c1ccc(Cl)cc1)c1ccco1. The average Bonchev–Trinajstić information content (AvgIpc) is 3.31. The lowest BCUT2D eigenvalue weighted by molar-refractivity contribution is -0.117. The van der Waals surface area contributed by atoms with Crippen LogP contribution < -0.4 is 4.90 Å². The van der Waals surface area contributed by atoms with Crippen LogP contribution >= 0.6 is 11.6 Å². The fourth-order valence-electron chi connectivity index (χ4n) is 3.21. The summed E-state index contributed by atoms with van der Waals surface area (Å²) in [6.45, 7) is 0. The molecule has 0 bridgehead atoms. The van der Waals surface area contributed by atoms with E-state index in [9.17, 15) is 19.1 Å². The van der Waals surface area contributed by atoms with Gasteiger partial charge in [-0.15, -0.1) is 0 Å². The molecule has 1 aromatic heterocycles. The predicted octanol–water partition coefficient (Wildman–Crippen LogP) is 4.86. The van der Waals surface area contributed by atoms with Crippen LogP contribution in [0.2, 0.25) is 5.02 Å². The molecule has 1 atom stereocenters. The zero-order valence-electron chi connectivity index (χ0n) is 14.3. The number of aliphatic hydroxyl groups is 1. The van der Waals surface area contributed by atoms with Crippen LogP contribution in [-0.2, 0) is 4.79 Å². The van der Waals surface area contributed by atoms with Crippen LogP contribution in [0.15, 0.2) is 82.7 Å². The van der Waals surface area contributed by atoms with E-state index in [1.54, 1.807) is 24.3 Å². The van der Waals surface area contributed by atoms with E-state index in [0.29, 0.717) is 16.3 Å². The number of carbonyl (C=O) groups is 2. The molecule has 0 saturated carbocycles. The van der Waals surface area contributed by atoms with E-state index in [1.807, 2.05) is 0 Å². The molecule has 1 amide bonds. The van der Waals surface area contributed by atoms with Crippen LogP contribution in [0.4, 0.5) is 10.1 Å². The molecule has 1 aliphatic heterocycles. The van der Waals surface area contributed by atoms with Crippen molar-refractivity contribution in [2.45, 2.75) is 6.04 Å². The van der Waals surface area contributed by atoms with Gasteiger partial charge in [0.25, 0.3) is 5.91 Å². The van der Waals surface area contributed by atoms with Gasteiger partial charge in [0.2, 0.25) is 5.78 Å². The largest absolute Gasteiger partial charge is 0.503 e. The number of anilines is 1. The van der Waals surface area contributed by atoms with Crippen molar-refractivity contribution in [3.05, 3.63) is 100 Å². The molecular weight excluding hydrogens is 385 g/mol. The Balaban J connectivity index is 1.88. The second kappa shape index (κ2) is 6.98. The van der Waals surface area contributed by atoms with Crippen molar-refractivity contribution in [3.8, 4) is 0 Å². The number of halogens is 2. The highest BCUT2D eigenvalue weighted by Gasteiger charge is 2.45. The number of aliphatic hydroxyl groups excluding tert-OH is 1. The van der Waals surface area contributed by atoms with Gasteiger partial charge in [-0.1, -0.05) is 23.7 Å². The zero-order valence-corrected chi connectivity index (χ0v) is 15.1. The summed E-state index contributed by atoms with van der Waals surface area (Å²) in [7, 11) is 0. The van der Waals surface area contributed by atoms with Crippen LogP contribution in [0.25, 0.3) is 0 Å².